The van der Waals surface area contributed by atoms with Gasteiger partial charge in [-0.05, 0) is 11.6 Å². The lowest BCUT2D eigenvalue weighted by Gasteiger charge is -1.93. The number of anilines is 1. The van der Waals surface area contributed by atoms with Gasteiger partial charge in [-0.1, -0.05) is 0 Å². The number of aromatic nitrogens is 4. The minimum atomic E-state index is 0.136. The molecule has 0 amide bonds. The minimum absolute atomic E-state index is 0.136. The van der Waals surface area contributed by atoms with Crippen molar-refractivity contribution in [1.29, 1.82) is 0 Å². The second kappa shape index (κ2) is 2.06. The molecule has 2 rings (SSSR count). The largest absolute Gasteiger partial charge is 0.382 e. The Morgan fingerprint density at radius 1 is 1.45 bits per heavy atom. The van der Waals surface area contributed by atoms with Crippen molar-refractivity contribution in [2.24, 2.45) is 0 Å². The number of H-pyrrole nitrogens is 1. The van der Waals surface area contributed by atoms with Crippen molar-refractivity contribution in [2.45, 2.75) is 0 Å². The van der Waals surface area contributed by atoms with Gasteiger partial charge in [-0.3, -0.25) is 5.10 Å². The zero-order valence-corrected chi connectivity index (χ0v) is 6.13. The molecule has 0 aromatic carbocycles. The van der Waals surface area contributed by atoms with Crippen molar-refractivity contribution in [3.05, 3.63) is 11.5 Å². The molecule has 0 saturated heterocycles. The van der Waals surface area contributed by atoms with Gasteiger partial charge < -0.3 is 5.73 Å². The monoisotopic (exact) mass is 169 g/mol. The minimum Gasteiger partial charge on any atom is -0.382 e. The Bertz CT molecular complexity index is 395. The van der Waals surface area contributed by atoms with E-state index in [4.69, 9.17) is 17.3 Å². The molecular weight excluding hydrogens is 166 g/mol. The molecule has 5 nitrogen and oxygen atoms in total. The summed E-state index contributed by atoms with van der Waals surface area (Å²) < 4.78 is 0. The van der Waals surface area contributed by atoms with Crippen molar-refractivity contribution in [3.63, 3.8) is 0 Å². The van der Waals surface area contributed by atoms with Crippen LogP contribution in [-0.2, 0) is 0 Å². The molecule has 0 aliphatic heterocycles. The zero-order chi connectivity index (χ0) is 7.84. The number of fused-ring (bicyclic) bond motifs is 1. The zero-order valence-electron chi connectivity index (χ0n) is 5.37. The van der Waals surface area contributed by atoms with E-state index >= 15 is 0 Å². The topological polar surface area (TPSA) is 80.5 Å². The van der Waals surface area contributed by atoms with E-state index in [1.807, 2.05) is 0 Å². The molecular formula is C5H4ClN5. The molecule has 0 aliphatic carbocycles. The lowest BCUT2D eigenvalue weighted by molar-refractivity contribution is 1.12. The van der Waals surface area contributed by atoms with E-state index in [-0.39, 0.29) is 5.28 Å². The van der Waals surface area contributed by atoms with Crippen LogP contribution in [0.4, 0.5) is 5.82 Å². The van der Waals surface area contributed by atoms with Gasteiger partial charge in [0.15, 0.2) is 5.82 Å². The Morgan fingerprint density at radius 3 is 3.09 bits per heavy atom. The van der Waals surface area contributed by atoms with Gasteiger partial charge in [0.25, 0.3) is 0 Å². The first kappa shape index (κ1) is 6.36. The maximum Gasteiger partial charge on any atom is 0.225 e. The molecule has 0 spiro atoms. The number of hydrogen-bond donors (Lipinski definition) is 2. The second-order valence-corrected chi connectivity index (χ2v) is 2.35. The van der Waals surface area contributed by atoms with Gasteiger partial charge in [0.2, 0.25) is 5.28 Å². The van der Waals surface area contributed by atoms with Crippen molar-refractivity contribution in [3.8, 4) is 0 Å². The van der Waals surface area contributed by atoms with Crippen LogP contribution in [0.3, 0.4) is 0 Å². The first-order valence-electron chi connectivity index (χ1n) is 2.89. The standard InChI is InChI=1S/C5H4ClN5/c6-5-9-2-1-8-11-3(2)4(7)10-5/h1H,(H,8,11)(H2,7,9,10). The van der Waals surface area contributed by atoms with E-state index in [0.717, 1.165) is 0 Å². The summed E-state index contributed by atoms with van der Waals surface area (Å²) in [5.74, 6) is 0.317. The van der Waals surface area contributed by atoms with Crippen LogP contribution in [0.15, 0.2) is 6.20 Å². The first-order chi connectivity index (χ1) is 5.27. The highest BCUT2D eigenvalue weighted by Gasteiger charge is 2.03. The maximum atomic E-state index is 5.54. The number of nitrogens with one attached hydrogen (secondary N) is 1. The number of nitrogens with two attached hydrogens (primary N) is 1. The molecule has 0 fully saturated rings. The number of nitrogens with zero attached hydrogens (tertiary/aromatic N) is 3. The Balaban J connectivity index is 2.91. The Morgan fingerprint density at radius 2 is 2.27 bits per heavy atom. The number of rotatable bonds is 0. The molecule has 0 saturated carbocycles. The highest BCUT2D eigenvalue weighted by atomic mass is 35.5. The normalized spacial score (nSPS) is 10.6. The van der Waals surface area contributed by atoms with Gasteiger partial charge in [0.05, 0.1) is 6.20 Å². The predicted molar refractivity (Wildman–Crippen MR) is 41.1 cm³/mol. The van der Waals surface area contributed by atoms with E-state index < -0.39 is 0 Å². The summed E-state index contributed by atoms with van der Waals surface area (Å²) in [5.41, 5.74) is 6.74. The molecule has 2 heterocycles. The van der Waals surface area contributed by atoms with Crippen molar-refractivity contribution in [2.75, 3.05) is 5.73 Å². The van der Waals surface area contributed by atoms with Gasteiger partial charge in [-0.25, -0.2) is 4.98 Å². The smallest absolute Gasteiger partial charge is 0.225 e. The van der Waals surface area contributed by atoms with E-state index in [2.05, 4.69) is 20.2 Å². The second-order valence-electron chi connectivity index (χ2n) is 2.01. The van der Waals surface area contributed by atoms with Gasteiger partial charge in [-0.15, -0.1) is 0 Å². The lowest BCUT2D eigenvalue weighted by atomic mass is 10.4. The van der Waals surface area contributed by atoms with Crippen LogP contribution in [0, 0.1) is 0 Å². The molecule has 2 aromatic heterocycles. The van der Waals surface area contributed by atoms with Crippen LogP contribution in [0.2, 0.25) is 5.28 Å². The van der Waals surface area contributed by atoms with Gasteiger partial charge in [0, 0.05) is 0 Å². The fraction of sp³-hybridized carbons (Fsp3) is 0. The van der Waals surface area contributed by atoms with Gasteiger partial charge in [-0.2, -0.15) is 10.1 Å². The summed E-state index contributed by atoms with van der Waals surface area (Å²) in [6.45, 7) is 0. The summed E-state index contributed by atoms with van der Waals surface area (Å²) in [5, 5.41) is 6.53. The van der Waals surface area contributed by atoms with Crippen molar-refractivity contribution in [1.82, 2.24) is 20.2 Å². The summed E-state index contributed by atoms with van der Waals surface area (Å²) >= 11 is 5.54. The van der Waals surface area contributed by atoms with Crippen molar-refractivity contribution < 1.29 is 0 Å². The molecule has 0 aliphatic rings. The number of aromatic amines is 1. The molecule has 0 radical (unpaired) electrons. The van der Waals surface area contributed by atoms with Crippen LogP contribution >= 0.6 is 11.6 Å². The predicted octanol–water partition coefficient (Wildman–Crippen LogP) is 0.588. The summed E-state index contributed by atoms with van der Waals surface area (Å²) in [4.78, 5) is 7.61. The van der Waals surface area contributed by atoms with Crippen LogP contribution < -0.4 is 5.73 Å². The maximum absolute atomic E-state index is 5.54. The lowest BCUT2D eigenvalue weighted by Crippen LogP contribution is -1.93. The Kier molecular flexibility index (Phi) is 1.19. The average molecular weight is 170 g/mol. The SMILES string of the molecule is Nc1nc(Cl)nc2cn[nH]c12. The van der Waals surface area contributed by atoms with Crippen LogP contribution in [0.1, 0.15) is 0 Å². The number of nitrogen functional groups attached to an aromatic ring is 1. The molecule has 3 N–H and O–H groups in total. The summed E-state index contributed by atoms with van der Waals surface area (Å²) in [6, 6.07) is 0. The molecule has 56 valence electrons. The highest BCUT2D eigenvalue weighted by Crippen LogP contribution is 2.15. The highest BCUT2D eigenvalue weighted by molar-refractivity contribution is 6.28. The molecule has 2 aromatic rings. The molecule has 11 heavy (non-hydrogen) atoms. The van der Waals surface area contributed by atoms with Crippen LogP contribution in [0.5, 0.6) is 0 Å². The van der Waals surface area contributed by atoms with E-state index in [1.165, 1.54) is 0 Å². The molecule has 0 bridgehead atoms. The average Bonchev–Trinajstić information content (AvgIpc) is 2.34. The molecule has 0 atom stereocenters. The fourth-order valence-corrected chi connectivity index (χ4v) is 1.01. The Hall–Kier alpha value is -1.36. The van der Waals surface area contributed by atoms with Gasteiger partial charge in [0.1, 0.15) is 11.0 Å². The van der Waals surface area contributed by atoms with Gasteiger partial charge >= 0.3 is 0 Å². The third kappa shape index (κ3) is 0.894. The Labute approximate surface area is 66.6 Å². The van der Waals surface area contributed by atoms with E-state index in [0.29, 0.717) is 16.9 Å². The molecule has 0 unspecified atom stereocenters. The van der Waals surface area contributed by atoms with Crippen LogP contribution in [0.25, 0.3) is 11.0 Å². The quantitative estimate of drug-likeness (QED) is 0.566. The number of halogens is 1. The third-order valence-electron chi connectivity index (χ3n) is 1.30. The molecule has 6 heteroatoms. The van der Waals surface area contributed by atoms with E-state index in [9.17, 15) is 0 Å². The summed E-state index contributed by atoms with van der Waals surface area (Å²) in [6.07, 6.45) is 1.54. The fourth-order valence-electron chi connectivity index (χ4n) is 0.833. The van der Waals surface area contributed by atoms with Crippen molar-refractivity contribution >= 4 is 28.5 Å². The first-order valence-corrected chi connectivity index (χ1v) is 3.27. The third-order valence-corrected chi connectivity index (χ3v) is 1.47. The van der Waals surface area contributed by atoms with E-state index in [1.54, 1.807) is 6.20 Å². The number of hydrogen-bond acceptors (Lipinski definition) is 4. The van der Waals surface area contributed by atoms with Crippen LogP contribution in [-0.4, -0.2) is 20.2 Å². The summed E-state index contributed by atoms with van der Waals surface area (Å²) in [7, 11) is 0.